The van der Waals surface area contributed by atoms with Gasteiger partial charge in [0.1, 0.15) is 0 Å². The van der Waals surface area contributed by atoms with Gasteiger partial charge in [0.25, 0.3) is 0 Å². The van der Waals surface area contributed by atoms with Crippen LogP contribution in [0.5, 0.6) is 0 Å². The molecular formula is C16H26O7. The largest absolute Gasteiger partial charge is 0.434 e. The zero-order valence-corrected chi connectivity index (χ0v) is 13.8. The number of carbonyl (C=O) groups is 2. The lowest BCUT2D eigenvalue weighted by atomic mass is 10.1. The van der Waals surface area contributed by atoms with Crippen molar-refractivity contribution in [2.75, 3.05) is 13.2 Å². The molecule has 0 bridgehead atoms. The molecule has 0 aromatic rings. The number of esters is 2. The molecule has 4 unspecified atom stereocenters. The molecule has 4 atom stereocenters. The zero-order valence-electron chi connectivity index (χ0n) is 13.8. The van der Waals surface area contributed by atoms with Crippen LogP contribution in [0, 0.1) is 0 Å². The zero-order chi connectivity index (χ0) is 16.7. The quantitative estimate of drug-likeness (QED) is 0.543. The van der Waals surface area contributed by atoms with Gasteiger partial charge in [0.05, 0.1) is 0 Å². The summed E-state index contributed by atoms with van der Waals surface area (Å²) in [5.74, 6) is -0.877. The fraction of sp³-hybridized carbons (Fsp3) is 0.875. The third kappa shape index (κ3) is 6.08. The minimum Gasteiger partial charge on any atom is -0.434 e. The van der Waals surface area contributed by atoms with Gasteiger partial charge in [-0.05, 0) is 52.4 Å². The van der Waals surface area contributed by atoms with E-state index >= 15 is 0 Å². The van der Waals surface area contributed by atoms with Gasteiger partial charge in [-0.25, -0.2) is 9.59 Å². The molecule has 7 heteroatoms. The van der Waals surface area contributed by atoms with E-state index in [1.165, 1.54) is 0 Å². The lowest BCUT2D eigenvalue weighted by Gasteiger charge is -2.26. The van der Waals surface area contributed by atoms with Crippen molar-refractivity contribution in [3.63, 3.8) is 0 Å². The van der Waals surface area contributed by atoms with Crippen LogP contribution < -0.4 is 0 Å². The van der Waals surface area contributed by atoms with Crippen molar-refractivity contribution < 1.29 is 33.3 Å². The second kappa shape index (κ2) is 9.20. The lowest BCUT2D eigenvalue weighted by Crippen LogP contribution is -2.36. The number of hydrogen-bond acceptors (Lipinski definition) is 7. The highest BCUT2D eigenvalue weighted by Gasteiger charge is 2.28. The molecule has 0 N–H and O–H groups in total. The standard InChI is InChI=1S/C16H26O7/c1-11(22-15(17)13-7-3-5-9-19-13)21-12(2)23-16(18)14-8-4-6-10-20-14/h11-14H,3-10H2,1-2H3. The predicted octanol–water partition coefficient (Wildman–Crippen LogP) is 1.92. The molecule has 2 saturated heterocycles. The fourth-order valence-corrected chi connectivity index (χ4v) is 2.66. The van der Waals surface area contributed by atoms with Crippen molar-refractivity contribution >= 4 is 11.9 Å². The smallest absolute Gasteiger partial charge is 0.337 e. The maximum atomic E-state index is 11.9. The van der Waals surface area contributed by atoms with Gasteiger partial charge in [0.2, 0.25) is 12.6 Å². The topological polar surface area (TPSA) is 80.3 Å². The van der Waals surface area contributed by atoms with Crippen molar-refractivity contribution in [2.24, 2.45) is 0 Å². The Balaban J connectivity index is 1.67. The summed E-state index contributed by atoms with van der Waals surface area (Å²) in [6, 6.07) is 0. The van der Waals surface area contributed by atoms with Gasteiger partial charge >= 0.3 is 11.9 Å². The van der Waals surface area contributed by atoms with Crippen LogP contribution in [0.25, 0.3) is 0 Å². The first-order chi connectivity index (χ1) is 11.1. The van der Waals surface area contributed by atoms with E-state index in [-0.39, 0.29) is 0 Å². The van der Waals surface area contributed by atoms with E-state index in [1.54, 1.807) is 13.8 Å². The number of rotatable bonds is 6. The average Bonchev–Trinajstić information content (AvgIpc) is 2.56. The second-order valence-corrected chi connectivity index (χ2v) is 5.86. The van der Waals surface area contributed by atoms with E-state index in [0.717, 1.165) is 25.7 Å². The number of carbonyl (C=O) groups excluding carboxylic acids is 2. The highest BCUT2D eigenvalue weighted by Crippen LogP contribution is 2.17. The number of hydrogen-bond donors (Lipinski definition) is 0. The predicted molar refractivity (Wildman–Crippen MR) is 79.4 cm³/mol. The first kappa shape index (κ1) is 18.2. The van der Waals surface area contributed by atoms with E-state index in [9.17, 15) is 9.59 Å². The second-order valence-electron chi connectivity index (χ2n) is 5.86. The Bertz CT molecular complexity index is 350. The molecular weight excluding hydrogens is 304 g/mol. The Kier molecular flexibility index (Phi) is 7.26. The van der Waals surface area contributed by atoms with Gasteiger partial charge in [0, 0.05) is 13.2 Å². The molecule has 0 spiro atoms. The molecule has 2 rings (SSSR count). The van der Waals surface area contributed by atoms with E-state index in [0.29, 0.717) is 26.1 Å². The van der Waals surface area contributed by atoms with Gasteiger partial charge < -0.3 is 23.7 Å². The maximum absolute atomic E-state index is 11.9. The third-order valence-corrected chi connectivity index (χ3v) is 3.83. The third-order valence-electron chi connectivity index (χ3n) is 3.83. The molecule has 2 fully saturated rings. The van der Waals surface area contributed by atoms with Crippen LogP contribution in [0.15, 0.2) is 0 Å². The van der Waals surface area contributed by atoms with Gasteiger partial charge in [-0.1, -0.05) is 0 Å². The van der Waals surface area contributed by atoms with Crippen LogP contribution in [0.3, 0.4) is 0 Å². The van der Waals surface area contributed by atoms with Crippen molar-refractivity contribution in [3.8, 4) is 0 Å². The van der Waals surface area contributed by atoms with Crippen LogP contribution in [-0.4, -0.2) is 49.9 Å². The van der Waals surface area contributed by atoms with Crippen molar-refractivity contribution in [3.05, 3.63) is 0 Å². The minimum atomic E-state index is -0.817. The van der Waals surface area contributed by atoms with Crippen LogP contribution >= 0.6 is 0 Å². The molecule has 0 aromatic carbocycles. The summed E-state index contributed by atoms with van der Waals surface area (Å²) in [5.41, 5.74) is 0. The normalized spacial score (nSPS) is 27.7. The Hall–Kier alpha value is -1.18. The monoisotopic (exact) mass is 330 g/mol. The van der Waals surface area contributed by atoms with Crippen molar-refractivity contribution in [2.45, 2.75) is 77.2 Å². The molecule has 0 saturated carbocycles. The Morgan fingerprint density at radius 3 is 1.61 bits per heavy atom. The van der Waals surface area contributed by atoms with Gasteiger partial charge in [0.15, 0.2) is 12.2 Å². The van der Waals surface area contributed by atoms with E-state index in [1.807, 2.05) is 0 Å². The van der Waals surface area contributed by atoms with E-state index in [2.05, 4.69) is 0 Å². The average molecular weight is 330 g/mol. The Morgan fingerprint density at radius 2 is 1.26 bits per heavy atom. The van der Waals surface area contributed by atoms with Gasteiger partial charge in [-0.15, -0.1) is 0 Å². The van der Waals surface area contributed by atoms with Crippen LogP contribution in [-0.2, 0) is 33.3 Å². The lowest BCUT2D eigenvalue weighted by molar-refractivity contribution is -0.237. The molecule has 7 nitrogen and oxygen atoms in total. The van der Waals surface area contributed by atoms with E-state index in [4.69, 9.17) is 23.7 Å². The summed E-state index contributed by atoms with van der Waals surface area (Å²) in [4.78, 5) is 23.8. The van der Waals surface area contributed by atoms with Gasteiger partial charge in [-0.3, -0.25) is 0 Å². The van der Waals surface area contributed by atoms with Crippen molar-refractivity contribution in [1.82, 2.24) is 0 Å². The SMILES string of the molecule is CC(OC(=O)C1CCCCO1)OC(C)OC(=O)C1CCCCO1. The summed E-state index contributed by atoms with van der Waals surface area (Å²) in [5, 5.41) is 0. The highest BCUT2D eigenvalue weighted by atomic mass is 16.8. The maximum Gasteiger partial charge on any atom is 0.337 e. The van der Waals surface area contributed by atoms with Gasteiger partial charge in [-0.2, -0.15) is 0 Å². The molecule has 0 aromatic heterocycles. The molecule has 2 aliphatic rings. The summed E-state index contributed by atoms with van der Waals surface area (Å²) in [6.07, 6.45) is 2.47. The summed E-state index contributed by atoms with van der Waals surface area (Å²) >= 11 is 0. The molecule has 0 aliphatic carbocycles. The van der Waals surface area contributed by atoms with Crippen LogP contribution in [0.1, 0.15) is 52.4 Å². The first-order valence-electron chi connectivity index (χ1n) is 8.36. The molecule has 0 radical (unpaired) electrons. The Labute approximate surface area is 136 Å². The minimum absolute atomic E-state index is 0.439. The summed E-state index contributed by atoms with van der Waals surface area (Å²) in [6.45, 7) is 4.32. The molecule has 2 aliphatic heterocycles. The molecule has 2 heterocycles. The molecule has 23 heavy (non-hydrogen) atoms. The highest BCUT2D eigenvalue weighted by molar-refractivity contribution is 5.75. The fourth-order valence-electron chi connectivity index (χ4n) is 2.66. The van der Waals surface area contributed by atoms with Crippen molar-refractivity contribution in [1.29, 1.82) is 0 Å². The summed E-state index contributed by atoms with van der Waals surface area (Å²) < 4.78 is 26.4. The van der Waals surface area contributed by atoms with E-state index < -0.39 is 36.7 Å². The first-order valence-corrected chi connectivity index (χ1v) is 8.36. The number of ether oxygens (including phenoxy) is 5. The van der Waals surface area contributed by atoms with Crippen LogP contribution in [0.2, 0.25) is 0 Å². The molecule has 132 valence electrons. The molecule has 0 amide bonds. The summed E-state index contributed by atoms with van der Waals surface area (Å²) in [7, 11) is 0. The Morgan fingerprint density at radius 1 is 0.826 bits per heavy atom. The van der Waals surface area contributed by atoms with Crippen LogP contribution in [0.4, 0.5) is 0 Å².